The van der Waals surface area contributed by atoms with Crippen molar-refractivity contribution in [3.8, 4) is 11.4 Å². The van der Waals surface area contributed by atoms with Gasteiger partial charge in [0, 0.05) is 17.0 Å². The van der Waals surface area contributed by atoms with E-state index in [0.717, 1.165) is 21.6 Å². The van der Waals surface area contributed by atoms with Crippen LogP contribution in [-0.2, 0) is 11.3 Å². The van der Waals surface area contributed by atoms with Crippen molar-refractivity contribution >= 4 is 27.5 Å². The van der Waals surface area contributed by atoms with Gasteiger partial charge in [-0.3, -0.25) is 14.2 Å². The van der Waals surface area contributed by atoms with E-state index in [9.17, 15) is 14.7 Å². The quantitative estimate of drug-likeness (QED) is 0.748. The van der Waals surface area contributed by atoms with E-state index in [0.29, 0.717) is 16.0 Å². The van der Waals surface area contributed by atoms with Crippen molar-refractivity contribution in [2.24, 2.45) is 5.41 Å². The summed E-state index contributed by atoms with van der Waals surface area (Å²) in [5, 5.41) is 10.1. The van der Waals surface area contributed by atoms with Crippen molar-refractivity contribution in [3.05, 3.63) is 50.6 Å². The molecule has 6 heteroatoms. The summed E-state index contributed by atoms with van der Waals surface area (Å²) in [5.74, 6) is -0.422. The van der Waals surface area contributed by atoms with Crippen molar-refractivity contribution < 1.29 is 9.90 Å². The molecule has 5 nitrogen and oxygen atoms in total. The highest BCUT2D eigenvalue weighted by Crippen LogP contribution is 2.31. The molecule has 0 bridgehead atoms. The molecule has 0 saturated carbocycles. The molecule has 2 aromatic heterocycles. The molecule has 26 heavy (non-hydrogen) atoms. The molecule has 3 aromatic rings. The van der Waals surface area contributed by atoms with E-state index in [1.807, 2.05) is 45.0 Å². The first-order chi connectivity index (χ1) is 12.1. The number of aryl methyl sites for hydroxylation is 3. The molecule has 3 rings (SSSR count). The van der Waals surface area contributed by atoms with Crippen LogP contribution in [0.15, 0.2) is 29.1 Å². The van der Waals surface area contributed by atoms with Crippen LogP contribution in [0.1, 0.15) is 29.9 Å². The second-order valence-corrected chi connectivity index (χ2v) is 8.50. The maximum Gasteiger partial charge on any atom is 0.310 e. The lowest BCUT2D eigenvalue weighted by molar-refractivity contribution is -0.147. The molecule has 0 radical (unpaired) electrons. The van der Waals surface area contributed by atoms with Gasteiger partial charge in [0.1, 0.15) is 10.7 Å². The van der Waals surface area contributed by atoms with E-state index in [1.165, 1.54) is 15.9 Å². The van der Waals surface area contributed by atoms with Crippen molar-refractivity contribution in [1.82, 2.24) is 9.55 Å². The van der Waals surface area contributed by atoms with Crippen LogP contribution in [0.4, 0.5) is 0 Å². The number of benzene rings is 1. The number of fused-ring (bicyclic) bond motifs is 1. The predicted octanol–water partition coefficient (Wildman–Crippen LogP) is 4.16. The summed E-state index contributed by atoms with van der Waals surface area (Å²) in [7, 11) is 0. The second kappa shape index (κ2) is 6.36. The van der Waals surface area contributed by atoms with E-state index in [4.69, 9.17) is 4.98 Å². The molecule has 0 fully saturated rings. The number of hydrogen-bond donors (Lipinski definition) is 1. The first-order valence-electron chi connectivity index (χ1n) is 8.43. The van der Waals surface area contributed by atoms with E-state index in [-0.39, 0.29) is 12.1 Å². The smallest absolute Gasteiger partial charge is 0.310 e. The second-order valence-electron chi connectivity index (χ2n) is 7.29. The topological polar surface area (TPSA) is 72.2 Å². The van der Waals surface area contributed by atoms with Crippen LogP contribution in [0.5, 0.6) is 0 Å². The van der Waals surface area contributed by atoms with Crippen LogP contribution in [0.3, 0.4) is 0 Å². The number of hydrogen-bond acceptors (Lipinski definition) is 4. The number of carbonyl (C=O) groups is 1. The summed E-state index contributed by atoms with van der Waals surface area (Å²) in [6.45, 7) is 9.15. The van der Waals surface area contributed by atoms with Crippen LogP contribution >= 0.6 is 11.3 Å². The Balaban J connectivity index is 2.39. The maximum atomic E-state index is 13.3. The summed E-state index contributed by atoms with van der Waals surface area (Å²) in [6, 6.07) is 7.71. The van der Waals surface area contributed by atoms with Crippen molar-refractivity contribution in [2.75, 3.05) is 0 Å². The Morgan fingerprint density at radius 1 is 1.23 bits per heavy atom. The molecule has 1 aromatic carbocycles. The molecule has 0 unspecified atom stereocenters. The molecule has 0 atom stereocenters. The average Bonchev–Trinajstić information content (AvgIpc) is 2.85. The molecule has 136 valence electrons. The number of nitrogens with zero attached hydrogens (tertiary/aromatic N) is 2. The number of aromatic nitrogens is 2. The highest BCUT2D eigenvalue weighted by molar-refractivity contribution is 7.18. The van der Waals surface area contributed by atoms with Gasteiger partial charge in [0.2, 0.25) is 0 Å². The van der Waals surface area contributed by atoms with Gasteiger partial charge in [-0.25, -0.2) is 4.98 Å². The minimum Gasteiger partial charge on any atom is -0.481 e. The predicted molar refractivity (Wildman–Crippen MR) is 105 cm³/mol. The number of carboxylic acid groups (broad SMARTS) is 1. The summed E-state index contributed by atoms with van der Waals surface area (Å²) in [5.41, 5.74) is 1.49. The summed E-state index contributed by atoms with van der Waals surface area (Å²) < 4.78 is 1.53. The largest absolute Gasteiger partial charge is 0.481 e. The fourth-order valence-electron chi connectivity index (χ4n) is 2.97. The highest BCUT2D eigenvalue weighted by atomic mass is 32.1. The lowest BCUT2D eigenvalue weighted by Crippen LogP contribution is -2.35. The van der Waals surface area contributed by atoms with Gasteiger partial charge in [-0.15, -0.1) is 11.3 Å². The van der Waals surface area contributed by atoms with Gasteiger partial charge in [-0.2, -0.15) is 0 Å². The summed E-state index contributed by atoms with van der Waals surface area (Å²) in [6.07, 6.45) is 0. The van der Waals surface area contributed by atoms with E-state index < -0.39 is 11.4 Å². The van der Waals surface area contributed by atoms with Gasteiger partial charge >= 0.3 is 5.97 Å². The minimum absolute atomic E-state index is 0.0576. The van der Waals surface area contributed by atoms with Gasteiger partial charge < -0.3 is 5.11 Å². The molecule has 0 spiro atoms. The Morgan fingerprint density at radius 3 is 2.50 bits per heavy atom. The first-order valence-corrected chi connectivity index (χ1v) is 9.25. The van der Waals surface area contributed by atoms with Crippen LogP contribution < -0.4 is 5.56 Å². The number of aliphatic carboxylic acids is 1. The molecule has 0 aliphatic carbocycles. The molecule has 1 N–H and O–H groups in total. The molecule has 0 aliphatic rings. The normalized spacial score (nSPS) is 11.9. The third-order valence-corrected chi connectivity index (χ3v) is 5.91. The zero-order valence-electron chi connectivity index (χ0n) is 15.6. The van der Waals surface area contributed by atoms with Crippen LogP contribution in [0.25, 0.3) is 21.6 Å². The fraction of sp³-hybridized carbons (Fsp3) is 0.350. The van der Waals surface area contributed by atoms with Gasteiger partial charge in [0.05, 0.1) is 10.8 Å². The van der Waals surface area contributed by atoms with Gasteiger partial charge in [-0.05, 0) is 45.7 Å². The molecule has 0 amide bonds. The Hall–Kier alpha value is -2.47. The van der Waals surface area contributed by atoms with E-state index in [1.54, 1.807) is 13.8 Å². The van der Waals surface area contributed by atoms with Crippen LogP contribution in [0, 0.1) is 26.2 Å². The zero-order valence-corrected chi connectivity index (χ0v) is 16.4. The molecular formula is C20H22N2O3S. The SMILES string of the molecule is Cc1ccccc1-c1nc2sc(C)c(C)c2c(=O)n1CC(C)(C)C(=O)O. The Morgan fingerprint density at radius 2 is 1.88 bits per heavy atom. The lowest BCUT2D eigenvalue weighted by Gasteiger charge is -2.23. The zero-order chi connectivity index (χ0) is 19.2. The third-order valence-electron chi connectivity index (χ3n) is 4.81. The van der Waals surface area contributed by atoms with Crippen LogP contribution in [-0.4, -0.2) is 20.6 Å². The number of carboxylic acids is 1. The van der Waals surface area contributed by atoms with E-state index in [2.05, 4.69) is 0 Å². The number of rotatable bonds is 4. The monoisotopic (exact) mass is 370 g/mol. The lowest BCUT2D eigenvalue weighted by atomic mass is 9.93. The molecule has 0 aliphatic heterocycles. The molecule has 0 saturated heterocycles. The van der Waals surface area contributed by atoms with Crippen molar-refractivity contribution in [1.29, 1.82) is 0 Å². The Kier molecular flexibility index (Phi) is 4.48. The Bertz CT molecular complexity index is 1080. The van der Waals surface area contributed by atoms with Crippen molar-refractivity contribution in [3.63, 3.8) is 0 Å². The maximum absolute atomic E-state index is 13.3. The molecule has 2 heterocycles. The highest BCUT2D eigenvalue weighted by Gasteiger charge is 2.30. The fourth-order valence-corrected chi connectivity index (χ4v) is 3.99. The van der Waals surface area contributed by atoms with Crippen LogP contribution in [0.2, 0.25) is 0 Å². The number of thiophene rings is 1. The van der Waals surface area contributed by atoms with Gasteiger partial charge in [-0.1, -0.05) is 24.3 Å². The minimum atomic E-state index is -1.09. The Labute approximate surface area is 155 Å². The third kappa shape index (κ3) is 2.94. The standard InChI is InChI=1S/C20H22N2O3S/c1-11-8-6-7-9-14(11)16-21-17-15(12(2)13(3)26-17)18(23)22(16)10-20(4,5)19(24)25/h6-9H,10H2,1-5H3,(H,24,25). The average molecular weight is 370 g/mol. The summed E-state index contributed by atoms with van der Waals surface area (Å²) >= 11 is 1.50. The molecular weight excluding hydrogens is 348 g/mol. The summed E-state index contributed by atoms with van der Waals surface area (Å²) in [4.78, 5) is 31.5. The van der Waals surface area contributed by atoms with Gasteiger partial charge in [0.15, 0.2) is 0 Å². The van der Waals surface area contributed by atoms with Gasteiger partial charge in [0.25, 0.3) is 5.56 Å². The first kappa shape index (κ1) is 18.3. The van der Waals surface area contributed by atoms with Crippen molar-refractivity contribution in [2.45, 2.75) is 41.2 Å². The van der Waals surface area contributed by atoms with E-state index >= 15 is 0 Å².